The molecule has 0 nitrogen and oxygen atoms in total. The molecule has 0 aliphatic heterocycles. The molecule has 3 rings (SSSR count). The van der Waals surface area contributed by atoms with Gasteiger partial charge in [-0.05, 0) is 90.3 Å². The summed E-state index contributed by atoms with van der Waals surface area (Å²) >= 11 is 0. The smallest absolute Gasteiger partial charge is 0.0266 e. The Bertz CT molecular complexity index is 461. The fraction of sp³-hybridized carbons (Fsp3) is 1.00. The molecule has 24 heavy (non-hydrogen) atoms. The van der Waals surface area contributed by atoms with Gasteiger partial charge in [0.2, 0.25) is 0 Å². The standard InChI is InChI=1S/C24H44/c1-9-19-21-17(4)14-18-15-22(5,6)12-13-24(18,8)20(21)10-11-23(19,7)16(2)3/h16-21H,9-15H2,1-8H3. The van der Waals surface area contributed by atoms with Crippen molar-refractivity contribution in [2.75, 3.05) is 0 Å². The molecule has 3 aliphatic carbocycles. The predicted molar refractivity (Wildman–Crippen MR) is 106 cm³/mol. The summed E-state index contributed by atoms with van der Waals surface area (Å²) in [5.41, 5.74) is 1.79. The van der Waals surface area contributed by atoms with Crippen molar-refractivity contribution >= 4 is 0 Å². The van der Waals surface area contributed by atoms with E-state index in [4.69, 9.17) is 0 Å². The van der Waals surface area contributed by atoms with E-state index in [2.05, 4.69) is 55.4 Å². The molecule has 0 N–H and O–H groups in total. The first-order valence-corrected chi connectivity index (χ1v) is 11.0. The summed E-state index contributed by atoms with van der Waals surface area (Å²) in [5.74, 6) is 5.67. The van der Waals surface area contributed by atoms with Crippen LogP contribution >= 0.6 is 0 Å². The molecule has 0 amide bonds. The Morgan fingerprint density at radius 1 is 1.00 bits per heavy atom. The Kier molecular flexibility index (Phi) is 4.71. The van der Waals surface area contributed by atoms with Crippen LogP contribution in [0.3, 0.4) is 0 Å². The largest absolute Gasteiger partial charge is 0.0651 e. The highest BCUT2D eigenvalue weighted by Crippen LogP contribution is 2.67. The lowest BCUT2D eigenvalue weighted by atomic mass is 9.40. The van der Waals surface area contributed by atoms with E-state index >= 15 is 0 Å². The second-order valence-corrected chi connectivity index (χ2v) is 11.7. The molecule has 140 valence electrons. The minimum absolute atomic E-state index is 0.571. The third-order valence-corrected chi connectivity index (χ3v) is 9.76. The molecule has 0 spiro atoms. The van der Waals surface area contributed by atoms with Crippen LogP contribution in [0.2, 0.25) is 0 Å². The molecule has 0 heterocycles. The third kappa shape index (κ3) is 2.69. The summed E-state index contributed by atoms with van der Waals surface area (Å²) in [6.45, 7) is 20.5. The Hall–Kier alpha value is 0. The van der Waals surface area contributed by atoms with Gasteiger partial charge in [-0.2, -0.15) is 0 Å². The van der Waals surface area contributed by atoms with Crippen LogP contribution in [0.15, 0.2) is 0 Å². The van der Waals surface area contributed by atoms with Crippen molar-refractivity contribution in [1.82, 2.24) is 0 Å². The second kappa shape index (κ2) is 6.02. The number of hydrogen-bond acceptors (Lipinski definition) is 0. The van der Waals surface area contributed by atoms with E-state index in [0.29, 0.717) is 16.2 Å². The maximum atomic E-state index is 2.71. The molecule has 3 fully saturated rings. The Morgan fingerprint density at radius 3 is 2.25 bits per heavy atom. The molecular formula is C24H44. The van der Waals surface area contributed by atoms with Crippen molar-refractivity contribution in [2.45, 2.75) is 100 Å². The van der Waals surface area contributed by atoms with E-state index < -0.39 is 0 Å². The number of rotatable bonds is 2. The minimum Gasteiger partial charge on any atom is -0.0651 e. The van der Waals surface area contributed by atoms with E-state index in [0.717, 1.165) is 35.5 Å². The van der Waals surface area contributed by atoms with E-state index in [-0.39, 0.29) is 0 Å². The maximum absolute atomic E-state index is 2.71. The summed E-state index contributed by atoms with van der Waals surface area (Å²) in [6, 6.07) is 0. The molecule has 7 atom stereocenters. The van der Waals surface area contributed by atoms with Crippen molar-refractivity contribution in [1.29, 1.82) is 0 Å². The lowest BCUT2D eigenvalue weighted by Crippen LogP contribution is -2.57. The molecule has 3 aliphatic rings. The Morgan fingerprint density at radius 2 is 1.67 bits per heavy atom. The van der Waals surface area contributed by atoms with Crippen LogP contribution in [0.5, 0.6) is 0 Å². The van der Waals surface area contributed by atoms with Crippen LogP contribution in [0.4, 0.5) is 0 Å². The topological polar surface area (TPSA) is 0 Å². The highest BCUT2D eigenvalue weighted by molar-refractivity contribution is 5.08. The van der Waals surface area contributed by atoms with E-state index in [1.807, 2.05) is 0 Å². The van der Waals surface area contributed by atoms with Gasteiger partial charge in [-0.15, -0.1) is 0 Å². The molecular weight excluding hydrogens is 288 g/mol. The lowest BCUT2D eigenvalue weighted by Gasteiger charge is -2.65. The van der Waals surface area contributed by atoms with Gasteiger partial charge in [-0.3, -0.25) is 0 Å². The maximum Gasteiger partial charge on any atom is -0.0266 e. The molecule has 0 radical (unpaired) electrons. The summed E-state index contributed by atoms with van der Waals surface area (Å²) < 4.78 is 0. The average molecular weight is 333 g/mol. The molecule has 0 aromatic carbocycles. The average Bonchev–Trinajstić information content (AvgIpc) is 2.49. The zero-order valence-corrected chi connectivity index (χ0v) is 17.9. The van der Waals surface area contributed by atoms with Gasteiger partial charge in [0.15, 0.2) is 0 Å². The summed E-state index contributed by atoms with van der Waals surface area (Å²) in [4.78, 5) is 0. The van der Waals surface area contributed by atoms with Crippen LogP contribution in [0.1, 0.15) is 100 Å². The number of hydrogen-bond donors (Lipinski definition) is 0. The molecule has 7 unspecified atom stereocenters. The zero-order valence-electron chi connectivity index (χ0n) is 17.9. The van der Waals surface area contributed by atoms with Gasteiger partial charge in [0.05, 0.1) is 0 Å². The van der Waals surface area contributed by atoms with Crippen molar-refractivity contribution in [3.05, 3.63) is 0 Å². The van der Waals surface area contributed by atoms with Crippen molar-refractivity contribution in [3.63, 3.8) is 0 Å². The van der Waals surface area contributed by atoms with Gasteiger partial charge in [-0.1, -0.05) is 61.8 Å². The molecule has 0 heteroatoms. The van der Waals surface area contributed by atoms with Crippen LogP contribution in [-0.2, 0) is 0 Å². The number of fused-ring (bicyclic) bond motifs is 3. The SMILES string of the molecule is CCC1C2C(C)CC3CC(C)(C)CCC3(C)C2CCC1(C)C(C)C. The van der Waals surface area contributed by atoms with Gasteiger partial charge >= 0.3 is 0 Å². The molecule has 3 saturated carbocycles. The quantitative estimate of drug-likeness (QED) is 0.489. The van der Waals surface area contributed by atoms with Gasteiger partial charge in [0.1, 0.15) is 0 Å². The van der Waals surface area contributed by atoms with E-state index in [1.165, 1.54) is 44.9 Å². The van der Waals surface area contributed by atoms with E-state index in [9.17, 15) is 0 Å². The first kappa shape index (κ1) is 18.8. The first-order chi connectivity index (χ1) is 11.0. The van der Waals surface area contributed by atoms with Crippen LogP contribution in [-0.4, -0.2) is 0 Å². The van der Waals surface area contributed by atoms with Crippen LogP contribution in [0, 0.1) is 51.8 Å². The first-order valence-electron chi connectivity index (χ1n) is 11.0. The van der Waals surface area contributed by atoms with Crippen LogP contribution in [0.25, 0.3) is 0 Å². The predicted octanol–water partition coefficient (Wildman–Crippen LogP) is 7.57. The van der Waals surface area contributed by atoms with Gasteiger partial charge in [0, 0.05) is 0 Å². The summed E-state index contributed by atoms with van der Waals surface area (Å²) in [5, 5.41) is 0. The zero-order chi connectivity index (χ0) is 17.9. The molecule has 0 saturated heterocycles. The summed E-state index contributed by atoms with van der Waals surface area (Å²) in [7, 11) is 0. The van der Waals surface area contributed by atoms with Crippen molar-refractivity contribution in [3.8, 4) is 0 Å². The fourth-order valence-electron chi connectivity index (χ4n) is 7.84. The second-order valence-electron chi connectivity index (χ2n) is 11.7. The Labute approximate surface area is 152 Å². The monoisotopic (exact) mass is 332 g/mol. The van der Waals surface area contributed by atoms with E-state index in [1.54, 1.807) is 0 Å². The van der Waals surface area contributed by atoms with Gasteiger partial charge in [0.25, 0.3) is 0 Å². The summed E-state index contributed by atoms with van der Waals surface area (Å²) in [6.07, 6.45) is 10.3. The fourth-order valence-corrected chi connectivity index (χ4v) is 7.84. The van der Waals surface area contributed by atoms with Crippen molar-refractivity contribution < 1.29 is 0 Å². The molecule has 0 aromatic heterocycles. The molecule has 0 bridgehead atoms. The normalized spacial score (nSPS) is 51.1. The van der Waals surface area contributed by atoms with Gasteiger partial charge < -0.3 is 0 Å². The van der Waals surface area contributed by atoms with Crippen molar-refractivity contribution in [2.24, 2.45) is 51.8 Å². The highest BCUT2D eigenvalue weighted by atomic mass is 14.6. The Balaban J connectivity index is 1.94. The minimum atomic E-state index is 0.571. The highest BCUT2D eigenvalue weighted by Gasteiger charge is 2.59. The lowest BCUT2D eigenvalue weighted by molar-refractivity contribution is -0.158. The van der Waals surface area contributed by atoms with Gasteiger partial charge in [-0.25, -0.2) is 0 Å². The molecule has 0 aromatic rings. The third-order valence-electron chi connectivity index (χ3n) is 9.76. The van der Waals surface area contributed by atoms with Crippen LogP contribution < -0.4 is 0 Å².